The Balaban J connectivity index is 1.05. The van der Waals surface area contributed by atoms with Crippen molar-refractivity contribution in [2.24, 2.45) is 5.92 Å². The number of aromatic nitrogens is 4. The standard InChI is InChI=1S/C38H45FN8/c1-5-33(43-37-40-14-15-41-37)36(35-34-7-6-16-45(34)23-42-35)47-21-31-30(26(47)3)19-28(20-32(31)39)27-8-10-29(11-9-27)38(4)22-46(38)24-44-17-12-25(2)13-18-44/h5,8-11,14-15,19-20,23,25,36H,3,6-7,12-13,16-18,21-22,24H2,1-2,4H3,(H2,40,41,43)/b33-5-. The molecule has 4 aliphatic rings. The summed E-state index contributed by atoms with van der Waals surface area (Å²) in [5.41, 5.74) is 8.75. The fraction of sp³-hybridized carbons (Fsp3) is 0.421. The lowest BCUT2D eigenvalue weighted by molar-refractivity contribution is 0.141. The van der Waals surface area contributed by atoms with Crippen LogP contribution in [-0.2, 0) is 25.0 Å². The van der Waals surface area contributed by atoms with Crippen molar-refractivity contribution in [2.45, 2.75) is 71.1 Å². The number of hydrogen-bond acceptors (Lipinski definition) is 6. The molecule has 2 N–H and O–H groups in total. The summed E-state index contributed by atoms with van der Waals surface area (Å²) in [6, 6.07) is 12.3. The third kappa shape index (κ3) is 5.39. The van der Waals surface area contributed by atoms with Gasteiger partial charge in [0.1, 0.15) is 11.9 Å². The van der Waals surface area contributed by atoms with Gasteiger partial charge in [-0.2, -0.15) is 0 Å². The number of aromatic amines is 1. The zero-order valence-electron chi connectivity index (χ0n) is 27.8. The minimum atomic E-state index is -0.267. The van der Waals surface area contributed by atoms with E-state index in [9.17, 15) is 0 Å². The first-order valence-corrected chi connectivity index (χ1v) is 17.2. The highest BCUT2D eigenvalue weighted by molar-refractivity contribution is 5.76. The lowest BCUT2D eigenvalue weighted by Crippen LogP contribution is -2.37. The van der Waals surface area contributed by atoms with Gasteiger partial charge in [-0.3, -0.25) is 9.80 Å². The normalized spacial score (nSPS) is 23.7. The van der Waals surface area contributed by atoms with E-state index in [0.717, 1.165) is 72.3 Å². The van der Waals surface area contributed by atoms with Gasteiger partial charge in [0.2, 0.25) is 5.95 Å². The Morgan fingerprint density at radius 2 is 1.96 bits per heavy atom. The van der Waals surface area contributed by atoms with Crippen LogP contribution >= 0.6 is 0 Å². The number of nitrogens with one attached hydrogen (secondary N) is 2. The number of halogens is 1. The Morgan fingerprint density at radius 1 is 1.15 bits per heavy atom. The van der Waals surface area contributed by atoms with Gasteiger partial charge >= 0.3 is 0 Å². The molecule has 2 aromatic heterocycles. The fourth-order valence-electron chi connectivity index (χ4n) is 7.94. The van der Waals surface area contributed by atoms with Gasteiger partial charge in [-0.25, -0.2) is 14.4 Å². The summed E-state index contributed by atoms with van der Waals surface area (Å²) < 4.78 is 18.3. The number of benzene rings is 2. The van der Waals surface area contributed by atoms with Crippen molar-refractivity contribution < 1.29 is 4.39 Å². The first-order valence-electron chi connectivity index (χ1n) is 17.2. The van der Waals surface area contributed by atoms with Crippen LogP contribution < -0.4 is 5.32 Å². The van der Waals surface area contributed by atoms with E-state index in [1.807, 2.05) is 13.3 Å². The van der Waals surface area contributed by atoms with E-state index in [0.29, 0.717) is 18.1 Å². The van der Waals surface area contributed by atoms with Gasteiger partial charge in [0.15, 0.2) is 0 Å². The third-order valence-corrected chi connectivity index (χ3v) is 11.1. The van der Waals surface area contributed by atoms with Crippen LogP contribution in [0.2, 0.25) is 0 Å². The van der Waals surface area contributed by atoms with Gasteiger partial charge in [0, 0.05) is 60.2 Å². The third-order valence-electron chi connectivity index (χ3n) is 11.1. The fourth-order valence-corrected chi connectivity index (χ4v) is 7.94. The molecule has 0 radical (unpaired) electrons. The molecule has 2 aromatic carbocycles. The first-order chi connectivity index (χ1) is 22.8. The summed E-state index contributed by atoms with van der Waals surface area (Å²) in [4.78, 5) is 19.8. The number of likely N-dealkylation sites (tertiary alicyclic amines) is 1. The molecule has 9 heteroatoms. The SMILES string of the molecule is C=C1c2cc(-c3ccc(C4(C)CN4CN4CCC(C)CC4)cc3)cc(F)c2CN1C(/C(=C/C)Nc1ncc[nH]1)c1ncn2c1CCC2. The van der Waals surface area contributed by atoms with Crippen molar-refractivity contribution in [3.8, 4) is 11.1 Å². The number of rotatable bonds is 9. The molecule has 0 aliphatic carbocycles. The van der Waals surface area contributed by atoms with E-state index >= 15 is 4.39 Å². The number of H-pyrrole nitrogens is 1. The number of anilines is 1. The van der Waals surface area contributed by atoms with Crippen molar-refractivity contribution in [3.05, 3.63) is 107 Å². The largest absolute Gasteiger partial charge is 0.353 e. The Hall–Kier alpha value is -4.21. The van der Waals surface area contributed by atoms with Crippen molar-refractivity contribution in [1.29, 1.82) is 0 Å². The van der Waals surface area contributed by atoms with Crippen LogP contribution in [0.4, 0.5) is 10.3 Å². The second kappa shape index (κ2) is 11.8. The number of hydrogen-bond donors (Lipinski definition) is 2. The molecule has 6 heterocycles. The van der Waals surface area contributed by atoms with Crippen molar-refractivity contribution in [2.75, 3.05) is 31.6 Å². The number of imidazole rings is 2. The molecule has 3 unspecified atom stereocenters. The molecular formula is C38H45FN8. The van der Waals surface area contributed by atoms with Crippen LogP contribution in [0.3, 0.4) is 0 Å². The summed E-state index contributed by atoms with van der Waals surface area (Å²) in [6.45, 7) is 17.1. The predicted octanol–water partition coefficient (Wildman–Crippen LogP) is 7.12. The van der Waals surface area contributed by atoms with E-state index in [1.165, 1.54) is 37.2 Å². The summed E-state index contributed by atoms with van der Waals surface area (Å²) >= 11 is 0. The van der Waals surface area contributed by atoms with E-state index in [4.69, 9.17) is 4.98 Å². The lowest BCUT2D eigenvalue weighted by Gasteiger charge is -2.32. The minimum absolute atomic E-state index is 0.0655. The maximum absolute atomic E-state index is 16.0. The topological polar surface area (TPSA) is 68.0 Å². The van der Waals surface area contributed by atoms with Crippen LogP contribution in [0, 0.1) is 11.7 Å². The van der Waals surface area contributed by atoms with Crippen LogP contribution in [0.25, 0.3) is 16.8 Å². The highest BCUT2D eigenvalue weighted by Gasteiger charge is 2.49. The monoisotopic (exact) mass is 632 g/mol. The Labute approximate surface area is 277 Å². The molecule has 3 atom stereocenters. The van der Waals surface area contributed by atoms with E-state index in [1.54, 1.807) is 18.5 Å². The molecular weight excluding hydrogens is 587 g/mol. The average Bonchev–Trinajstić information content (AvgIpc) is 3.66. The van der Waals surface area contributed by atoms with Crippen LogP contribution in [0.15, 0.2) is 73.5 Å². The smallest absolute Gasteiger partial charge is 0.204 e. The molecule has 4 aromatic rings. The van der Waals surface area contributed by atoms with Crippen molar-refractivity contribution in [1.82, 2.24) is 34.2 Å². The molecule has 2 saturated heterocycles. The maximum atomic E-state index is 16.0. The molecule has 0 amide bonds. The molecule has 0 bridgehead atoms. The quantitative estimate of drug-likeness (QED) is 0.192. The number of piperidine rings is 1. The first kappa shape index (κ1) is 30.1. The molecule has 8 nitrogen and oxygen atoms in total. The molecule has 8 rings (SSSR count). The Bertz CT molecular complexity index is 1810. The van der Waals surface area contributed by atoms with Gasteiger partial charge in [0.25, 0.3) is 0 Å². The zero-order valence-corrected chi connectivity index (χ0v) is 27.8. The second-order valence-electron chi connectivity index (χ2n) is 14.1. The summed E-state index contributed by atoms with van der Waals surface area (Å²) in [6.07, 6.45) is 12.2. The summed E-state index contributed by atoms with van der Waals surface area (Å²) in [7, 11) is 0. The second-order valence-corrected chi connectivity index (χ2v) is 14.1. The van der Waals surface area contributed by atoms with Gasteiger partial charge < -0.3 is 19.8 Å². The molecule has 2 fully saturated rings. The van der Waals surface area contributed by atoms with E-state index in [-0.39, 0.29) is 17.4 Å². The van der Waals surface area contributed by atoms with E-state index in [2.05, 4.69) is 91.4 Å². The van der Waals surface area contributed by atoms with E-state index < -0.39 is 0 Å². The summed E-state index contributed by atoms with van der Waals surface area (Å²) in [5, 5.41) is 3.48. The highest BCUT2D eigenvalue weighted by atomic mass is 19.1. The molecule has 0 spiro atoms. The number of aryl methyl sites for hydroxylation is 1. The van der Waals surface area contributed by atoms with Gasteiger partial charge in [0.05, 0.1) is 24.2 Å². The van der Waals surface area contributed by atoms with Crippen molar-refractivity contribution in [3.63, 3.8) is 0 Å². The maximum Gasteiger partial charge on any atom is 0.204 e. The summed E-state index contributed by atoms with van der Waals surface area (Å²) in [5.74, 6) is 1.30. The molecule has 47 heavy (non-hydrogen) atoms. The van der Waals surface area contributed by atoms with Crippen LogP contribution in [0.5, 0.6) is 0 Å². The Morgan fingerprint density at radius 3 is 2.70 bits per heavy atom. The van der Waals surface area contributed by atoms with Gasteiger partial charge in [-0.05, 0) is 87.4 Å². The minimum Gasteiger partial charge on any atom is -0.353 e. The number of nitrogens with zero attached hydrogens (tertiary/aromatic N) is 6. The van der Waals surface area contributed by atoms with Crippen LogP contribution in [0.1, 0.15) is 74.2 Å². The lowest BCUT2D eigenvalue weighted by atomic mass is 9.95. The highest BCUT2D eigenvalue weighted by Crippen LogP contribution is 2.46. The van der Waals surface area contributed by atoms with Gasteiger partial charge in [-0.15, -0.1) is 0 Å². The van der Waals surface area contributed by atoms with Crippen LogP contribution in [-0.4, -0.2) is 60.5 Å². The number of fused-ring (bicyclic) bond motifs is 2. The molecule has 0 saturated carbocycles. The average molecular weight is 633 g/mol. The Kier molecular flexibility index (Phi) is 7.56. The van der Waals surface area contributed by atoms with Crippen molar-refractivity contribution >= 4 is 11.6 Å². The van der Waals surface area contributed by atoms with Gasteiger partial charge in [-0.1, -0.05) is 43.8 Å². The predicted molar refractivity (Wildman–Crippen MR) is 185 cm³/mol. The number of allylic oxidation sites excluding steroid dienone is 1. The zero-order chi connectivity index (χ0) is 32.3. The molecule has 4 aliphatic heterocycles. The molecule has 244 valence electrons.